The molecule has 0 aliphatic rings. The molecule has 3 rings (SSSR count). The molecule has 2 aromatic carbocycles. The van der Waals surface area contributed by atoms with E-state index in [-0.39, 0.29) is 5.91 Å². The van der Waals surface area contributed by atoms with E-state index in [1.807, 2.05) is 30.3 Å². The molecule has 0 bridgehead atoms. The van der Waals surface area contributed by atoms with E-state index in [1.165, 1.54) is 6.20 Å². The summed E-state index contributed by atoms with van der Waals surface area (Å²) in [6, 6.07) is 18.5. The van der Waals surface area contributed by atoms with Crippen LogP contribution in [-0.4, -0.2) is 17.4 Å². The zero-order valence-corrected chi connectivity index (χ0v) is 15.2. The maximum absolute atomic E-state index is 12.4. The minimum absolute atomic E-state index is 0.195. The molecule has 0 unspecified atom stereocenters. The van der Waals surface area contributed by atoms with Gasteiger partial charge in [-0.05, 0) is 48.4 Å². The quantitative estimate of drug-likeness (QED) is 0.671. The van der Waals surface area contributed by atoms with E-state index in [9.17, 15) is 4.79 Å². The van der Waals surface area contributed by atoms with Gasteiger partial charge in [0.05, 0.1) is 29.1 Å². The highest BCUT2D eigenvalue weighted by Gasteiger charge is 2.07. The van der Waals surface area contributed by atoms with Crippen LogP contribution in [0.2, 0.25) is 5.02 Å². The molecule has 5 nitrogen and oxygen atoms in total. The van der Waals surface area contributed by atoms with Gasteiger partial charge in [-0.1, -0.05) is 29.8 Å². The SMILES string of the molecule is N#Cc1cccc(Nc2cncc(C(=O)NCCc3cccc(Cl)c3)c2)c1. The van der Waals surface area contributed by atoms with Crippen LogP contribution in [0, 0.1) is 11.3 Å². The number of pyridine rings is 1. The molecule has 27 heavy (non-hydrogen) atoms. The number of hydrogen-bond acceptors (Lipinski definition) is 4. The maximum Gasteiger partial charge on any atom is 0.252 e. The Labute approximate surface area is 162 Å². The second kappa shape index (κ2) is 8.84. The Hall–Kier alpha value is -3.36. The van der Waals surface area contributed by atoms with Crippen molar-refractivity contribution in [2.45, 2.75) is 6.42 Å². The van der Waals surface area contributed by atoms with Crippen molar-refractivity contribution in [3.8, 4) is 6.07 Å². The van der Waals surface area contributed by atoms with Gasteiger partial charge in [-0.25, -0.2) is 0 Å². The number of nitriles is 1. The summed E-state index contributed by atoms with van der Waals surface area (Å²) >= 11 is 5.96. The van der Waals surface area contributed by atoms with Gasteiger partial charge in [0, 0.05) is 23.5 Å². The zero-order chi connectivity index (χ0) is 19.1. The fraction of sp³-hybridized carbons (Fsp3) is 0.0952. The third-order valence-electron chi connectivity index (χ3n) is 3.87. The third-order valence-corrected chi connectivity index (χ3v) is 4.10. The number of nitrogens with zero attached hydrogens (tertiary/aromatic N) is 2. The molecule has 1 amide bonds. The molecule has 1 heterocycles. The van der Waals surface area contributed by atoms with E-state index in [4.69, 9.17) is 16.9 Å². The van der Waals surface area contributed by atoms with Crippen LogP contribution in [0.5, 0.6) is 0 Å². The summed E-state index contributed by atoms with van der Waals surface area (Å²) in [5, 5.41) is 15.7. The summed E-state index contributed by atoms with van der Waals surface area (Å²) in [5.74, 6) is -0.195. The van der Waals surface area contributed by atoms with Crippen molar-refractivity contribution in [3.05, 3.63) is 88.7 Å². The lowest BCUT2D eigenvalue weighted by Crippen LogP contribution is -2.25. The van der Waals surface area contributed by atoms with Gasteiger partial charge in [-0.15, -0.1) is 0 Å². The Balaban J connectivity index is 1.60. The first-order chi connectivity index (χ1) is 13.1. The van der Waals surface area contributed by atoms with Crippen molar-refractivity contribution < 1.29 is 4.79 Å². The van der Waals surface area contributed by atoms with E-state index >= 15 is 0 Å². The fourth-order valence-corrected chi connectivity index (χ4v) is 2.79. The van der Waals surface area contributed by atoms with Gasteiger partial charge in [0.1, 0.15) is 0 Å². The first kappa shape index (κ1) is 18.4. The van der Waals surface area contributed by atoms with Crippen LogP contribution in [0.25, 0.3) is 0 Å². The van der Waals surface area contributed by atoms with E-state index in [0.717, 1.165) is 11.3 Å². The molecule has 3 aromatic rings. The second-order valence-electron chi connectivity index (χ2n) is 5.92. The number of amides is 1. The molecule has 0 aliphatic heterocycles. The summed E-state index contributed by atoms with van der Waals surface area (Å²) in [4.78, 5) is 16.5. The molecular formula is C21H17ClN4O. The number of nitrogens with one attached hydrogen (secondary N) is 2. The number of hydrogen-bond donors (Lipinski definition) is 2. The molecule has 6 heteroatoms. The van der Waals surface area contributed by atoms with Crippen molar-refractivity contribution in [1.82, 2.24) is 10.3 Å². The molecule has 2 N–H and O–H groups in total. The van der Waals surface area contributed by atoms with Gasteiger partial charge in [-0.3, -0.25) is 9.78 Å². The first-order valence-corrected chi connectivity index (χ1v) is 8.77. The third kappa shape index (κ3) is 5.30. The molecule has 0 fully saturated rings. The molecule has 0 radical (unpaired) electrons. The lowest BCUT2D eigenvalue weighted by molar-refractivity contribution is 0.0954. The largest absolute Gasteiger partial charge is 0.354 e. The van der Waals surface area contributed by atoms with Crippen molar-refractivity contribution in [3.63, 3.8) is 0 Å². The molecule has 0 saturated carbocycles. The Bertz CT molecular complexity index is 997. The van der Waals surface area contributed by atoms with Crippen LogP contribution < -0.4 is 10.6 Å². The van der Waals surface area contributed by atoms with Gasteiger partial charge in [0.25, 0.3) is 5.91 Å². The number of aromatic nitrogens is 1. The summed E-state index contributed by atoms with van der Waals surface area (Å²) in [7, 11) is 0. The highest BCUT2D eigenvalue weighted by atomic mass is 35.5. The molecular weight excluding hydrogens is 360 g/mol. The van der Waals surface area contributed by atoms with Crippen molar-refractivity contribution in [1.29, 1.82) is 5.26 Å². The predicted octanol–water partition coefficient (Wildman–Crippen LogP) is 4.32. The van der Waals surface area contributed by atoms with Crippen LogP contribution in [0.1, 0.15) is 21.5 Å². The fourth-order valence-electron chi connectivity index (χ4n) is 2.58. The van der Waals surface area contributed by atoms with Gasteiger partial charge in [-0.2, -0.15) is 5.26 Å². The van der Waals surface area contributed by atoms with Crippen LogP contribution in [0.15, 0.2) is 67.0 Å². The molecule has 0 aliphatic carbocycles. The Morgan fingerprint density at radius 2 is 1.93 bits per heavy atom. The Morgan fingerprint density at radius 3 is 2.74 bits per heavy atom. The van der Waals surface area contributed by atoms with Gasteiger partial charge >= 0.3 is 0 Å². The molecule has 0 spiro atoms. The first-order valence-electron chi connectivity index (χ1n) is 8.39. The zero-order valence-electron chi connectivity index (χ0n) is 14.4. The van der Waals surface area contributed by atoms with Crippen LogP contribution in [0.3, 0.4) is 0 Å². The normalized spacial score (nSPS) is 10.1. The average molecular weight is 377 g/mol. The van der Waals surface area contributed by atoms with Gasteiger partial charge in [0.2, 0.25) is 0 Å². The Morgan fingerprint density at radius 1 is 1.07 bits per heavy atom. The molecule has 0 saturated heterocycles. The summed E-state index contributed by atoms with van der Waals surface area (Å²) in [5.41, 5.74) is 3.51. The number of anilines is 2. The number of carbonyl (C=O) groups excluding carboxylic acids is 1. The smallest absolute Gasteiger partial charge is 0.252 e. The van der Waals surface area contributed by atoms with Crippen LogP contribution in [-0.2, 0) is 6.42 Å². The maximum atomic E-state index is 12.4. The second-order valence-corrected chi connectivity index (χ2v) is 6.35. The minimum Gasteiger partial charge on any atom is -0.354 e. The topological polar surface area (TPSA) is 77.8 Å². The van der Waals surface area contributed by atoms with Gasteiger partial charge < -0.3 is 10.6 Å². The van der Waals surface area contributed by atoms with Crippen LogP contribution >= 0.6 is 11.6 Å². The van der Waals surface area contributed by atoms with E-state index in [0.29, 0.717) is 34.8 Å². The lowest BCUT2D eigenvalue weighted by Gasteiger charge is -2.09. The van der Waals surface area contributed by atoms with E-state index < -0.39 is 0 Å². The number of benzene rings is 2. The van der Waals surface area contributed by atoms with Crippen molar-refractivity contribution >= 4 is 28.9 Å². The standard InChI is InChI=1S/C21H17ClN4O/c22-18-5-1-3-15(9-18)7-8-25-21(27)17-11-20(14-24-13-17)26-19-6-2-4-16(10-19)12-23/h1-6,9-11,13-14,26H,7-8H2,(H,25,27). The lowest BCUT2D eigenvalue weighted by atomic mass is 10.1. The average Bonchev–Trinajstić information content (AvgIpc) is 2.68. The summed E-state index contributed by atoms with van der Waals surface area (Å²) in [6.07, 6.45) is 3.84. The highest BCUT2D eigenvalue weighted by molar-refractivity contribution is 6.30. The summed E-state index contributed by atoms with van der Waals surface area (Å²) < 4.78 is 0. The van der Waals surface area contributed by atoms with Crippen molar-refractivity contribution in [2.75, 3.05) is 11.9 Å². The Kier molecular flexibility index (Phi) is 6.03. The summed E-state index contributed by atoms with van der Waals surface area (Å²) in [6.45, 7) is 0.501. The number of halogens is 1. The van der Waals surface area contributed by atoms with Crippen molar-refractivity contribution in [2.24, 2.45) is 0 Å². The highest BCUT2D eigenvalue weighted by Crippen LogP contribution is 2.18. The minimum atomic E-state index is -0.195. The number of carbonyl (C=O) groups is 1. The monoisotopic (exact) mass is 376 g/mol. The predicted molar refractivity (Wildman–Crippen MR) is 106 cm³/mol. The molecule has 134 valence electrons. The molecule has 1 aromatic heterocycles. The molecule has 0 atom stereocenters. The van der Waals surface area contributed by atoms with E-state index in [1.54, 1.807) is 30.5 Å². The number of rotatable bonds is 6. The van der Waals surface area contributed by atoms with E-state index in [2.05, 4.69) is 21.7 Å². The van der Waals surface area contributed by atoms with Gasteiger partial charge in [0.15, 0.2) is 0 Å². The van der Waals surface area contributed by atoms with Crippen LogP contribution in [0.4, 0.5) is 11.4 Å².